The molecular formula is C21H25N3O4S. The molecule has 1 aromatic heterocycles. The third kappa shape index (κ3) is 6.44. The third-order valence-corrected chi connectivity index (χ3v) is 6.58. The Balaban J connectivity index is 1.68. The molecule has 0 atom stereocenters. The van der Waals surface area contributed by atoms with Crippen LogP contribution in [0.5, 0.6) is 0 Å². The minimum Gasteiger partial charge on any atom is -0.468 e. The molecular weight excluding hydrogens is 390 g/mol. The second-order valence-electron chi connectivity index (χ2n) is 7.22. The summed E-state index contributed by atoms with van der Waals surface area (Å²) in [5.74, 6) is 0.444. The van der Waals surface area contributed by atoms with E-state index in [4.69, 9.17) is 9.68 Å². The normalized spacial score (nSPS) is 13.9. The molecule has 0 spiro atoms. The van der Waals surface area contributed by atoms with Gasteiger partial charge in [-0.1, -0.05) is 12.1 Å². The monoisotopic (exact) mass is 415 g/mol. The molecule has 8 heteroatoms. The number of rotatable bonds is 11. The second-order valence-corrected chi connectivity index (χ2v) is 9.31. The van der Waals surface area contributed by atoms with Gasteiger partial charge in [0.1, 0.15) is 5.76 Å². The van der Waals surface area contributed by atoms with Gasteiger partial charge in [-0.3, -0.25) is 4.79 Å². The van der Waals surface area contributed by atoms with Crippen molar-refractivity contribution < 1.29 is 17.6 Å². The van der Waals surface area contributed by atoms with Crippen LogP contribution in [-0.2, 0) is 23.1 Å². The number of hydrogen-bond donors (Lipinski definition) is 1. The van der Waals surface area contributed by atoms with E-state index in [2.05, 4.69) is 5.32 Å². The van der Waals surface area contributed by atoms with Crippen molar-refractivity contribution in [1.29, 1.82) is 5.26 Å². The van der Waals surface area contributed by atoms with Crippen LogP contribution < -0.4 is 5.32 Å². The maximum absolute atomic E-state index is 12.9. The van der Waals surface area contributed by atoms with Gasteiger partial charge in [0, 0.05) is 24.6 Å². The van der Waals surface area contributed by atoms with Crippen LogP contribution in [0.15, 0.2) is 47.1 Å². The first-order chi connectivity index (χ1) is 14.0. The highest BCUT2D eigenvalue weighted by Gasteiger charge is 2.25. The molecule has 3 rings (SSSR count). The summed E-state index contributed by atoms with van der Waals surface area (Å²) in [6.45, 7) is 0.323. The van der Waals surface area contributed by atoms with E-state index in [1.165, 1.54) is 10.6 Å². The first kappa shape index (κ1) is 21.1. The second kappa shape index (κ2) is 9.72. The van der Waals surface area contributed by atoms with Gasteiger partial charge in [-0.2, -0.15) is 9.57 Å². The van der Waals surface area contributed by atoms with Crippen molar-refractivity contribution in [3.05, 3.63) is 59.5 Å². The molecule has 154 valence electrons. The fourth-order valence-electron chi connectivity index (χ4n) is 2.91. The van der Waals surface area contributed by atoms with Gasteiger partial charge in [-0.05, 0) is 55.5 Å². The standard InChI is InChI=1S/C21H25N3O4S/c22-12-2-1-3-14-29(26,27)24(16-20-5-4-13-28-20)15-17-6-8-18(9-7-17)21(25)23-19-10-11-19/h4-9,13,19H,1-3,10-11,14-16H2,(H,23,25). The van der Waals surface area contributed by atoms with Crippen LogP contribution in [0.25, 0.3) is 0 Å². The molecule has 1 amide bonds. The van der Waals surface area contributed by atoms with E-state index in [0.29, 0.717) is 30.6 Å². The number of benzene rings is 1. The van der Waals surface area contributed by atoms with Crippen molar-refractivity contribution in [3.63, 3.8) is 0 Å². The first-order valence-corrected chi connectivity index (χ1v) is 11.4. The first-order valence-electron chi connectivity index (χ1n) is 9.75. The molecule has 2 aromatic rings. The zero-order valence-electron chi connectivity index (χ0n) is 16.2. The molecule has 7 nitrogen and oxygen atoms in total. The van der Waals surface area contributed by atoms with Crippen LogP contribution in [-0.4, -0.2) is 30.4 Å². The van der Waals surface area contributed by atoms with Crippen LogP contribution in [0.3, 0.4) is 0 Å². The maximum atomic E-state index is 12.9. The molecule has 1 aromatic carbocycles. The number of nitrogens with one attached hydrogen (secondary N) is 1. The summed E-state index contributed by atoms with van der Waals surface area (Å²) in [5, 5.41) is 11.6. The number of nitrogens with zero attached hydrogens (tertiary/aromatic N) is 2. The predicted molar refractivity (Wildman–Crippen MR) is 108 cm³/mol. The average molecular weight is 416 g/mol. The summed E-state index contributed by atoms with van der Waals surface area (Å²) in [5.41, 5.74) is 1.36. The summed E-state index contributed by atoms with van der Waals surface area (Å²) >= 11 is 0. The highest BCUT2D eigenvalue weighted by Crippen LogP contribution is 2.20. The Morgan fingerprint density at radius 2 is 1.93 bits per heavy atom. The average Bonchev–Trinajstić information content (AvgIpc) is 3.37. The molecule has 0 bridgehead atoms. The van der Waals surface area contributed by atoms with Gasteiger partial charge in [0.15, 0.2) is 0 Å². The summed E-state index contributed by atoms with van der Waals surface area (Å²) in [6, 6.07) is 12.8. The van der Waals surface area contributed by atoms with E-state index in [0.717, 1.165) is 18.4 Å². The van der Waals surface area contributed by atoms with E-state index in [1.54, 1.807) is 36.4 Å². The highest BCUT2D eigenvalue weighted by atomic mass is 32.2. The van der Waals surface area contributed by atoms with Crippen molar-refractivity contribution >= 4 is 15.9 Å². The molecule has 0 saturated heterocycles. The molecule has 29 heavy (non-hydrogen) atoms. The van der Waals surface area contributed by atoms with Gasteiger partial charge in [0.05, 0.1) is 24.6 Å². The predicted octanol–water partition coefficient (Wildman–Crippen LogP) is 3.20. The quantitative estimate of drug-likeness (QED) is 0.568. The molecule has 1 fully saturated rings. The number of unbranched alkanes of at least 4 members (excludes halogenated alkanes) is 2. The largest absolute Gasteiger partial charge is 0.468 e. The lowest BCUT2D eigenvalue weighted by atomic mass is 10.1. The lowest BCUT2D eigenvalue weighted by Gasteiger charge is -2.21. The zero-order chi connectivity index (χ0) is 20.7. The van der Waals surface area contributed by atoms with Gasteiger partial charge >= 0.3 is 0 Å². The van der Waals surface area contributed by atoms with Crippen molar-refractivity contribution in [2.24, 2.45) is 0 Å². The summed E-state index contributed by atoms with van der Waals surface area (Å²) < 4.78 is 32.4. The van der Waals surface area contributed by atoms with Gasteiger partial charge in [0.25, 0.3) is 5.91 Å². The Labute approximate surface area is 171 Å². The number of carbonyl (C=O) groups excluding carboxylic acids is 1. The Bertz CT molecular complexity index is 943. The van der Waals surface area contributed by atoms with Crippen LogP contribution in [0.2, 0.25) is 0 Å². The Kier molecular flexibility index (Phi) is 7.07. The molecule has 1 saturated carbocycles. The van der Waals surface area contributed by atoms with E-state index in [-0.39, 0.29) is 30.8 Å². The molecule has 1 aliphatic carbocycles. The van der Waals surface area contributed by atoms with Crippen LogP contribution in [0, 0.1) is 11.3 Å². The molecule has 0 unspecified atom stereocenters. The van der Waals surface area contributed by atoms with Crippen molar-refractivity contribution in [1.82, 2.24) is 9.62 Å². The van der Waals surface area contributed by atoms with E-state index in [9.17, 15) is 13.2 Å². The molecule has 0 aliphatic heterocycles. The number of carbonyl (C=O) groups is 1. The molecule has 0 radical (unpaired) electrons. The van der Waals surface area contributed by atoms with Crippen LogP contribution in [0.4, 0.5) is 0 Å². The zero-order valence-corrected chi connectivity index (χ0v) is 17.0. The topological polar surface area (TPSA) is 103 Å². The minimum absolute atomic E-state index is 0.0166. The fourth-order valence-corrected chi connectivity index (χ4v) is 4.40. The summed E-state index contributed by atoms with van der Waals surface area (Å²) in [6.07, 6.45) is 4.90. The summed E-state index contributed by atoms with van der Waals surface area (Å²) in [4.78, 5) is 12.1. The van der Waals surface area contributed by atoms with E-state index >= 15 is 0 Å². The van der Waals surface area contributed by atoms with Crippen molar-refractivity contribution in [3.8, 4) is 6.07 Å². The van der Waals surface area contributed by atoms with Crippen LogP contribution >= 0.6 is 0 Å². The van der Waals surface area contributed by atoms with Gasteiger partial charge < -0.3 is 9.73 Å². The number of hydrogen-bond acceptors (Lipinski definition) is 5. The highest BCUT2D eigenvalue weighted by molar-refractivity contribution is 7.89. The lowest BCUT2D eigenvalue weighted by Crippen LogP contribution is -2.32. The maximum Gasteiger partial charge on any atom is 0.251 e. The number of furan rings is 1. The van der Waals surface area contributed by atoms with Gasteiger partial charge in [-0.25, -0.2) is 8.42 Å². The minimum atomic E-state index is -3.53. The number of nitriles is 1. The molecule has 1 aliphatic rings. The number of sulfonamides is 1. The Morgan fingerprint density at radius 1 is 1.17 bits per heavy atom. The lowest BCUT2D eigenvalue weighted by molar-refractivity contribution is 0.0951. The number of amides is 1. The fraction of sp³-hybridized carbons (Fsp3) is 0.429. The van der Waals surface area contributed by atoms with Crippen molar-refractivity contribution in [2.75, 3.05) is 5.75 Å². The Hall–Kier alpha value is -2.63. The molecule has 1 N–H and O–H groups in total. The third-order valence-electron chi connectivity index (χ3n) is 4.73. The van der Waals surface area contributed by atoms with E-state index in [1.807, 2.05) is 6.07 Å². The van der Waals surface area contributed by atoms with E-state index < -0.39 is 10.0 Å². The molecule has 1 heterocycles. The van der Waals surface area contributed by atoms with Gasteiger partial charge in [0.2, 0.25) is 10.0 Å². The Morgan fingerprint density at radius 3 is 2.55 bits per heavy atom. The smallest absolute Gasteiger partial charge is 0.251 e. The SMILES string of the molecule is N#CCCCCS(=O)(=O)N(Cc1ccc(C(=O)NC2CC2)cc1)Cc1ccco1. The van der Waals surface area contributed by atoms with Crippen molar-refractivity contribution in [2.45, 2.75) is 51.2 Å². The van der Waals surface area contributed by atoms with Gasteiger partial charge in [-0.15, -0.1) is 0 Å². The summed E-state index contributed by atoms with van der Waals surface area (Å²) in [7, 11) is -3.53. The van der Waals surface area contributed by atoms with Crippen LogP contribution in [0.1, 0.15) is 53.8 Å².